The maximum Gasteiger partial charge on any atom is 0.251 e. The summed E-state index contributed by atoms with van der Waals surface area (Å²) in [6.45, 7) is 0.798. The lowest BCUT2D eigenvalue weighted by Gasteiger charge is -2.09. The third kappa shape index (κ3) is 6.24. The molecule has 2 N–H and O–H groups in total. The number of rotatable bonds is 8. The van der Waals surface area contributed by atoms with Crippen molar-refractivity contribution in [2.45, 2.75) is 19.4 Å². The van der Waals surface area contributed by atoms with Gasteiger partial charge in [0.2, 0.25) is 5.91 Å². The number of carbonyl (C=O) groups excluding carboxylic acids is 2. The largest absolute Gasteiger partial charge is 0.492 e. The van der Waals surface area contributed by atoms with Crippen LogP contribution < -0.4 is 15.4 Å². The number of amides is 2. The van der Waals surface area contributed by atoms with E-state index in [0.717, 1.165) is 5.56 Å². The molecule has 2 aromatic carbocycles. The average molecular weight is 395 g/mol. The second-order valence-corrected chi connectivity index (χ2v) is 6.42. The first-order valence-corrected chi connectivity index (χ1v) is 8.91. The zero-order valence-corrected chi connectivity index (χ0v) is 15.9. The number of nitrogens with one attached hydrogen (secondary N) is 2. The molecule has 0 aromatic heterocycles. The van der Waals surface area contributed by atoms with Gasteiger partial charge in [0.05, 0.1) is 11.6 Å². The summed E-state index contributed by atoms with van der Waals surface area (Å²) in [7, 11) is 1.58. The van der Waals surface area contributed by atoms with Gasteiger partial charge in [0.1, 0.15) is 5.75 Å². The fourth-order valence-corrected chi connectivity index (χ4v) is 2.68. The van der Waals surface area contributed by atoms with Gasteiger partial charge >= 0.3 is 0 Å². The van der Waals surface area contributed by atoms with Gasteiger partial charge in [-0.25, -0.2) is 0 Å². The van der Waals surface area contributed by atoms with Crippen LogP contribution in [-0.2, 0) is 11.3 Å². The second-order valence-electron chi connectivity index (χ2n) is 5.58. The minimum Gasteiger partial charge on any atom is -0.492 e. The van der Waals surface area contributed by atoms with Crippen molar-refractivity contribution < 1.29 is 14.3 Å². The van der Waals surface area contributed by atoms with Crippen LogP contribution in [0.15, 0.2) is 42.5 Å². The van der Waals surface area contributed by atoms with Crippen LogP contribution in [0, 0.1) is 0 Å². The van der Waals surface area contributed by atoms with Crippen LogP contribution in [0.5, 0.6) is 5.75 Å². The SMILES string of the molecule is CNC(=O)c1ccc(CNC(=O)CCCOc2ccc(Cl)cc2Cl)cc1. The first-order valence-electron chi connectivity index (χ1n) is 8.15. The molecule has 0 saturated carbocycles. The summed E-state index contributed by atoms with van der Waals surface area (Å²) < 4.78 is 5.54. The molecule has 0 bridgehead atoms. The number of halogens is 2. The van der Waals surface area contributed by atoms with Gasteiger partial charge in [-0.2, -0.15) is 0 Å². The van der Waals surface area contributed by atoms with Crippen molar-refractivity contribution in [1.82, 2.24) is 10.6 Å². The molecule has 2 aromatic rings. The molecule has 0 aliphatic heterocycles. The number of carbonyl (C=O) groups is 2. The normalized spacial score (nSPS) is 10.3. The van der Waals surface area contributed by atoms with Crippen molar-refractivity contribution in [3.05, 3.63) is 63.6 Å². The lowest BCUT2D eigenvalue weighted by atomic mass is 10.1. The molecular weight excluding hydrogens is 375 g/mol. The van der Waals surface area contributed by atoms with Gasteiger partial charge in [-0.3, -0.25) is 9.59 Å². The molecule has 0 atom stereocenters. The van der Waals surface area contributed by atoms with Crippen LogP contribution in [0.25, 0.3) is 0 Å². The third-order valence-corrected chi connectivity index (χ3v) is 4.16. The molecule has 0 heterocycles. The van der Waals surface area contributed by atoms with E-state index in [1.807, 2.05) is 12.1 Å². The van der Waals surface area contributed by atoms with E-state index in [1.165, 1.54) is 0 Å². The van der Waals surface area contributed by atoms with Crippen LogP contribution in [0.4, 0.5) is 0 Å². The zero-order chi connectivity index (χ0) is 18.9. The maximum absolute atomic E-state index is 11.9. The number of hydrogen-bond donors (Lipinski definition) is 2. The molecule has 26 heavy (non-hydrogen) atoms. The number of hydrogen-bond acceptors (Lipinski definition) is 3. The highest BCUT2D eigenvalue weighted by atomic mass is 35.5. The molecule has 0 aliphatic carbocycles. The molecule has 0 radical (unpaired) electrons. The van der Waals surface area contributed by atoms with Gasteiger partial charge in [-0.05, 0) is 42.3 Å². The van der Waals surface area contributed by atoms with E-state index in [-0.39, 0.29) is 11.8 Å². The van der Waals surface area contributed by atoms with Crippen LogP contribution in [-0.4, -0.2) is 25.5 Å². The fourth-order valence-electron chi connectivity index (χ4n) is 2.21. The summed E-state index contributed by atoms with van der Waals surface area (Å²) >= 11 is 11.8. The van der Waals surface area contributed by atoms with E-state index in [1.54, 1.807) is 37.4 Å². The number of benzene rings is 2. The fraction of sp³-hybridized carbons (Fsp3) is 0.263. The summed E-state index contributed by atoms with van der Waals surface area (Å²) in [6.07, 6.45) is 0.919. The monoisotopic (exact) mass is 394 g/mol. The molecule has 7 heteroatoms. The number of ether oxygens (including phenoxy) is 1. The Morgan fingerprint density at radius 1 is 1.08 bits per heavy atom. The highest BCUT2D eigenvalue weighted by Crippen LogP contribution is 2.27. The molecule has 0 saturated heterocycles. The van der Waals surface area contributed by atoms with Crippen molar-refractivity contribution in [3.8, 4) is 5.75 Å². The van der Waals surface area contributed by atoms with E-state index in [0.29, 0.717) is 47.4 Å². The third-order valence-electron chi connectivity index (χ3n) is 3.63. The Bertz CT molecular complexity index is 764. The minimum atomic E-state index is -0.138. The van der Waals surface area contributed by atoms with Crippen LogP contribution in [0.3, 0.4) is 0 Å². The van der Waals surface area contributed by atoms with Crippen molar-refractivity contribution in [3.63, 3.8) is 0 Å². The lowest BCUT2D eigenvalue weighted by Crippen LogP contribution is -2.23. The summed E-state index contributed by atoms with van der Waals surface area (Å²) in [5, 5.41) is 6.40. The zero-order valence-electron chi connectivity index (χ0n) is 14.4. The first-order chi connectivity index (χ1) is 12.5. The topological polar surface area (TPSA) is 67.4 Å². The van der Waals surface area contributed by atoms with Gasteiger partial charge in [0.25, 0.3) is 5.91 Å². The average Bonchev–Trinajstić information content (AvgIpc) is 2.64. The lowest BCUT2D eigenvalue weighted by molar-refractivity contribution is -0.121. The molecular formula is C19H20Cl2N2O3. The molecule has 0 unspecified atom stereocenters. The smallest absolute Gasteiger partial charge is 0.251 e. The van der Waals surface area contributed by atoms with Crippen molar-refractivity contribution in [1.29, 1.82) is 0 Å². The van der Waals surface area contributed by atoms with Gasteiger partial charge in [-0.1, -0.05) is 35.3 Å². The first kappa shape index (κ1) is 20.1. The maximum atomic E-state index is 11.9. The molecule has 5 nitrogen and oxygen atoms in total. The Morgan fingerprint density at radius 2 is 1.81 bits per heavy atom. The van der Waals surface area contributed by atoms with Gasteiger partial charge in [0, 0.05) is 30.6 Å². The van der Waals surface area contributed by atoms with E-state index < -0.39 is 0 Å². The summed E-state index contributed by atoms with van der Waals surface area (Å²) in [5.41, 5.74) is 1.51. The van der Waals surface area contributed by atoms with Crippen molar-refractivity contribution in [2.75, 3.05) is 13.7 Å². The highest BCUT2D eigenvalue weighted by Gasteiger charge is 2.06. The quantitative estimate of drug-likeness (QED) is 0.668. The Hall–Kier alpha value is -2.24. The standard InChI is InChI=1S/C19H20Cl2N2O3/c1-22-19(25)14-6-4-13(5-7-14)12-23-18(24)3-2-10-26-17-9-8-15(20)11-16(17)21/h4-9,11H,2-3,10,12H2,1H3,(H,22,25)(H,23,24). The van der Waals surface area contributed by atoms with Crippen molar-refractivity contribution in [2.24, 2.45) is 0 Å². The molecule has 0 fully saturated rings. The van der Waals surface area contributed by atoms with E-state index in [2.05, 4.69) is 10.6 Å². The Balaban J connectivity index is 1.68. The van der Waals surface area contributed by atoms with E-state index in [4.69, 9.17) is 27.9 Å². The minimum absolute atomic E-state index is 0.0637. The van der Waals surface area contributed by atoms with Crippen LogP contribution in [0.1, 0.15) is 28.8 Å². The van der Waals surface area contributed by atoms with Crippen LogP contribution in [0.2, 0.25) is 10.0 Å². The molecule has 0 aliphatic rings. The molecule has 2 rings (SSSR count). The summed E-state index contributed by atoms with van der Waals surface area (Å²) in [4.78, 5) is 23.4. The summed E-state index contributed by atoms with van der Waals surface area (Å²) in [6, 6.07) is 12.1. The van der Waals surface area contributed by atoms with Crippen LogP contribution >= 0.6 is 23.2 Å². The predicted octanol–water partition coefficient (Wildman–Crippen LogP) is 3.83. The van der Waals surface area contributed by atoms with Gasteiger partial charge < -0.3 is 15.4 Å². The van der Waals surface area contributed by atoms with E-state index in [9.17, 15) is 9.59 Å². The Kier molecular flexibility index (Phi) is 7.75. The molecule has 2 amide bonds. The van der Waals surface area contributed by atoms with Gasteiger partial charge in [0.15, 0.2) is 0 Å². The van der Waals surface area contributed by atoms with Gasteiger partial charge in [-0.15, -0.1) is 0 Å². The Morgan fingerprint density at radius 3 is 2.46 bits per heavy atom. The van der Waals surface area contributed by atoms with E-state index >= 15 is 0 Å². The Labute approximate surface area is 162 Å². The predicted molar refractivity (Wildman–Crippen MR) is 103 cm³/mol. The molecule has 138 valence electrons. The second kappa shape index (κ2) is 10.0. The molecule has 0 spiro atoms. The van der Waals surface area contributed by atoms with Crippen molar-refractivity contribution >= 4 is 35.0 Å². The summed E-state index contributed by atoms with van der Waals surface area (Å²) in [5.74, 6) is 0.347. The highest BCUT2D eigenvalue weighted by molar-refractivity contribution is 6.35.